The normalized spacial score (nSPS) is 23.8. The van der Waals surface area contributed by atoms with Gasteiger partial charge in [0.15, 0.2) is 0 Å². The summed E-state index contributed by atoms with van der Waals surface area (Å²) in [4.78, 5) is 1.59. The summed E-state index contributed by atoms with van der Waals surface area (Å²) in [6, 6.07) is 4.35. The Bertz CT molecular complexity index is 578. The van der Waals surface area contributed by atoms with Crippen LogP contribution >= 0.6 is 23.2 Å². The molecule has 4 nitrogen and oxygen atoms in total. The van der Waals surface area contributed by atoms with Gasteiger partial charge in [-0.3, -0.25) is 0 Å². The number of hydrogen-bond donors (Lipinski definition) is 2. The Kier molecular flexibility index (Phi) is 5.31. The topological polar surface area (TPSA) is 50.6 Å². The van der Waals surface area contributed by atoms with E-state index in [2.05, 4.69) is 11.6 Å². The van der Waals surface area contributed by atoms with E-state index in [0.29, 0.717) is 5.02 Å². The SMILES string of the molecule is CC[NH+]1CCCC(NS(=O)(=O)c2ccc(Cl)c(Cl)c2)C1. The van der Waals surface area contributed by atoms with Crippen molar-refractivity contribution in [3.05, 3.63) is 28.2 Å². The van der Waals surface area contributed by atoms with Crippen LogP contribution in [0.3, 0.4) is 0 Å². The molecule has 2 N–H and O–H groups in total. The molecule has 1 aliphatic heterocycles. The predicted octanol–water partition coefficient (Wildman–Crippen LogP) is 1.34. The Hall–Kier alpha value is -0.330. The van der Waals surface area contributed by atoms with Crippen molar-refractivity contribution in [2.45, 2.75) is 30.7 Å². The first-order valence-corrected chi connectivity index (χ1v) is 8.97. The van der Waals surface area contributed by atoms with Crippen molar-refractivity contribution in [2.75, 3.05) is 19.6 Å². The van der Waals surface area contributed by atoms with Gasteiger partial charge >= 0.3 is 0 Å². The zero-order chi connectivity index (χ0) is 14.8. The van der Waals surface area contributed by atoms with E-state index in [-0.39, 0.29) is 16.0 Å². The molecule has 0 amide bonds. The molecule has 0 spiro atoms. The standard InChI is InChI=1S/C13H18Cl2N2O2S/c1-2-17-7-3-4-10(9-17)16-20(18,19)11-5-6-12(14)13(15)8-11/h5-6,8,10,16H,2-4,7,9H2,1H3/p+1. The second kappa shape index (κ2) is 6.62. The highest BCUT2D eigenvalue weighted by Gasteiger charge is 2.27. The second-order valence-corrected chi connectivity index (χ2v) is 7.62. The van der Waals surface area contributed by atoms with Crippen molar-refractivity contribution in [1.29, 1.82) is 0 Å². The van der Waals surface area contributed by atoms with Gasteiger partial charge in [0.25, 0.3) is 0 Å². The number of piperidine rings is 1. The first kappa shape index (κ1) is 16.0. The lowest BCUT2D eigenvalue weighted by Crippen LogP contribution is -3.14. The summed E-state index contributed by atoms with van der Waals surface area (Å²) in [6.07, 6.45) is 1.92. The van der Waals surface area contributed by atoms with E-state index in [4.69, 9.17) is 23.2 Å². The summed E-state index contributed by atoms with van der Waals surface area (Å²) in [5.41, 5.74) is 0. The number of halogens is 2. The van der Waals surface area contributed by atoms with Gasteiger partial charge in [0.2, 0.25) is 10.0 Å². The zero-order valence-corrected chi connectivity index (χ0v) is 13.7. The molecule has 0 saturated carbocycles. The molecule has 1 saturated heterocycles. The largest absolute Gasteiger partial charge is 0.334 e. The van der Waals surface area contributed by atoms with E-state index >= 15 is 0 Å². The Labute approximate surface area is 130 Å². The minimum absolute atomic E-state index is 0.0156. The summed E-state index contributed by atoms with van der Waals surface area (Å²) in [7, 11) is -3.54. The Morgan fingerprint density at radius 2 is 2.10 bits per heavy atom. The number of quaternary nitrogens is 1. The molecule has 1 aromatic carbocycles. The van der Waals surface area contributed by atoms with Gasteiger partial charge in [0.05, 0.1) is 40.6 Å². The molecule has 2 rings (SSSR count). The lowest BCUT2D eigenvalue weighted by Gasteiger charge is -2.29. The molecule has 1 aromatic rings. The number of likely N-dealkylation sites (tertiary alicyclic amines) is 1. The number of hydrogen-bond acceptors (Lipinski definition) is 2. The van der Waals surface area contributed by atoms with Crippen LogP contribution in [0.4, 0.5) is 0 Å². The van der Waals surface area contributed by atoms with E-state index in [0.717, 1.165) is 32.5 Å². The molecular weight excluding hydrogens is 319 g/mol. The third-order valence-electron chi connectivity index (χ3n) is 3.64. The van der Waals surface area contributed by atoms with Crippen molar-refractivity contribution in [3.8, 4) is 0 Å². The van der Waals surface area contributed by atoms with Gasteiger partial charge in [-0.25, -0.2) is 13.1 Å². The predicted molar refractivity (Wildman–Crippen MR) is 81.0 cm³/mol. The maximum Gasteiger partial charge on any atom is 0.241 e. The van der Waals surface area contributed by atoms with E-state index in [1.54, 1.807) is 0 Å². The molecule has 0 radical (unpaired) electrons. The minimum atomic E-state index is -3.54. The lowest BCUT2D eigenvalue weighted by atomic mass is 10.1. The number of rotatable bonds is 4. The molecule has 20 heavy (non-hydrogen) atoms. The minimum Gasteiger partial charge on any atom is -0.334 e. The quantitative estimate of drug-likeness (QED) is 0.871. The molecule has 112 valence electrons. The average molecular weight is 338 g/mol. The Morgan fingerprint density at radius 1 is 1.35 bits per heavy atom. The molecule has 7 heteroatoms. The van der Waals surface area contributed by atoms with E-state index < -0.39 is 10.0 Å². The number of benzene rings is 1. The molecular formula is C13H19Cl2N2O2S+. The average Bonchev–Trinajstić information content (AvgIpc) is 2.41. The van der Waals surface area contributed by atoms with Crippen molar-refractivity contribution in [3.63, 3.8) is 0 Å². The van der Waals surface area contributed by atoms with Gasteiger partial charge in [-0.1, -0.05) is 23.2 Å². The first-order chi connectivity index (χ1) is 9.42. The molecule has 0 aliphatic carbocycles. The molecule has 1 heterocycles. The molecule has 1 aliphatic rings. The van der Waals surface area contributed by atoms with Gasteiger partial charge in [0, 0.05) is 0 Å². The van der Waals surface area contributed by atoms with Crippen molar-refractivity contribution >= 4 is 33.2 Å². The lowest BCUT2D eigenvalue weighted by molar-refractivity contribution is -0.904. The molecule has 2 unspecified atom stereocenters. The summed E-state index contributed by atoms with van der Waals surface area (Å²) in [6.45, 7) is 5.08. The fourth-order valence-corrected chi connectivity index (χ4v) is 4.16. The second-order valence-electron chi connectivity index (χ2n) is 5.09. The Balaban J connectivity index is 2.12. The van der Waals surface area contributed by atoms with Crippen LogP contribution in [-0.2, 0) is 10.0 Å². The van der Waals surface area contributed by atoms with Gasteiger partial charge < -0.3 is 4.90 Å². The van der Waals surface area contributed by atoms with Gasteiger partial charge in [0.1, 0.15) is 0 Å². The van der Waals surface area contributed by atoms with E-state index in [1.807, 2.05) is 0 Å². The highest BCUT2D eigenvalue weighted by molar-refractivity contribution is 7.89. The van der Waals surface area contributed by atoms with Gasteiger partial charge in [-0.15, -0.1) is 0 Å². The summed E-state index contributed by atoms with van der Waals surface area (Å²) in [5.74, 6) is 0. The molecule has 0 bridgehead atoms. The maximum atomic E-state index is 12.3. The number of likely N-dealkylation sites (N-methyl/N-ethyl adjacent to an activating group) is 1. The summed E-state index contributed by atoms with van der Waals surface area (Å²) in [5, 5.41) is 0.601. The molecule has 2 atom stereocenters. The van der Waals surface area contributed by atoms with Crippen molar-refractivity contribution in [1.82, 2.24) is 4.72 Å². The maximum absolute atomic E-state index is 12.3. The van der Waals surface area contributed by atoms with Crippen LogP contribution in [-0.4, -0.2) is 34.1 Å². The highest BCUT2D eigenvalue weighted by atomic mass is 35.5. The van der Waals surface area contributed by atoms with Crippen LogP contribution in [0.1, 0.15) is 19.8 Å². The van der Waals surface area contributed by atoms with Crippen LogP contribution in [0.2, 0.25) is 10.0 Å². The summed E-state index contributed by atoms with van der Waals surface area (Å²) >= 11 is 11.7. The smallest absolute Gasteiger partial charge is 0.241 e. The van der Waals surface area contributed by atoms with Crippen molar-refractivity contribution < 1.29 is 13.3 Å². The van der Waals surface area contributed by atoms with E-state index in [1.165, 1.54) is 23.1 Å². The summed E-state index contributed by atoms with van der Waals surface area (Å²) < 4.78 is 27.4. The molecule has 1 fully saturated rings. The van der Waals surface area contributed by atoms with Crippen molar-refractivity contribution in [2.24, 2.45) is 0 Å². The Morgan fingerprint density at radius 3 is 2.75 bits per heavy atom. The third-order valence-corrected chi connectivity index (χ3v) is 5.90. The first-order valence-electron chi connectivity index (χ1n) is 6.73. The molecule has 0 aromatic heterocycles. The fourth-order valence-electron chi connectivity index (χ4n) is 2.50. The van der Waals surface area contributed by atoms with Crippen LogP contribution in [0.25, 0.3) is 0 Å². The van der Waals surface area contributed by atoms with Gasteiger partial charge in [-0.2, -0.15) is 0 Å². The van der Waals surface area contributed by atoms with Crippen LogP contribution in [0, 0.1) is 0 Å². The zero-order valence-electron chi connectivity index (χ0n) is 11.3. The van der Waals surface area contributed by atoms with Crippen LogP contribution in [0.5, 0.6) is 0 Å². The monoisotopic (exact) mass is 337 g/mol. The van der Waals surface area contributed by atoms with E-state index in [9.17, 15) is 8.42 Å². The third kappa shape index (κ3) is 3.86. The van der Waals surface area contributed by atoms with Crippen LogP contribution < -0.4 is 9.62 Å². The number of sulfonamides is 1. The van der Waals surface area contributed by atoms with Crippen LogP contribution in [0.15, 0.2) is 23.1 Å². The number of nitrogens with one attached hydrogen (secondary N) is 2. The highest BCUT2D eigenvalue weighted by Crippen LogP contribution is 2.24. The van der Waals surface area contributed by atoms with Gasteiger partial charge in [-0.05, 0) is 38.0 Å². The fraction of sp³-hybridized carbons (Fsp3) is 0.538.